The van der Waals surface area contributed by atoms with Gasteiger partial charge in [-0.05, 0) is 48.9 Å². The van der Waals surface area contributed by atoms with E-state index in [1.165, 1.54) is 29.3 Å². The summed E-state index contributed by atoms with van der Waals surface area (Å²) in [5.41, 5.74) is 6.20. The first-order valence-electron chi connectivity index (χ1n) is 9.19. The summed E-state index contributed by atoms with van der Waals surface area (Å²) in [6.07, 6.45) is 1.59. The molecule has 0 saturated carbocycles. The summed E-state index contributed by atoms with van der Waals surface area (Å²) in [7, 11) is 0. The van der Waals surface area contributed by atoms with Crippen LogP contribution in [0.15, 0.2) is 48.7 Å². The maximum absolute atomic E-state index is 13.5. The van der Waals surface area contributed by atoms with Crippen LogP contribution in [0.5, 0.6) is 0 Å². The van der Waals surface area contributed by atoms with Crippen molar-refractivity contribution in [3.63, 3.8) is 0 Å². The van der Waals surface area contributed by atoms with Gasteiger partial charge in [-0.2, -0.15) is 0 Å². The summed E-state index contributed by atoms with van der Waals surface area (Å²) < 4.78 is 0. The van der Waals surface area contributed by atoms with Crippen molar-refractivity contribution < 1.29 is 19.5 Å². The zero-order valence-electron chi connectivity index (χ0n) is 16.3. The van der Waals surface area contributed by atoms with E-state index >= 15 is 0 Å². The number of amides is 2. The normalized spacial score (nSPS) is 11.7. The molecule has 3 rings (SSSR count). The fraction of sp³-hybridized carbons (Fsp3) is 0.143. The van der Waals surface area contributed by atoms with Crippen molar-refractivity contribution in [3.05, 3.63) is 79.2 Å². The molecule has 0 saturated heterocycles. The van der Waals surface area contributed by atoms with E-state index in [9.17, 15) is 14.4 Å². The monoisotopic (exact) mass is 511 g/mol. The Labute approximate surface area is 202 Å². The van der Waals surface area contributed by atoms with E-state index < -0.39 is 23.8 Å². The smallest absolute Gasteiger partial charge is 0.347 e. The molecule has 3 N–H and O–H groups in total. The maximum Gasteiger partial charge on any atom is 0.347 e. The Kier molecular flexibility index (Phi) is 7.73. The Morgan fingerprint density at radius 2 is 1.72 bits per heavy atom. The number of carbonyl (C=O) groups excluding carboxylic acids is 2. The third-order valence-corrected chi connectivity index (χ3v) is 6.37. The van der Waals surface area contributed by atoms with E-state index in [1.54, 1.807) is 24.3 Å². The Morgan fingerprint density at radius 3 is 2.28 bits per heavy atom. The van der Waals surface area contributed by atoms with Crippen LogP contribution >= 0.6 is 46.1 Å². The van der Waals surface area contributed by atoms with E-state index in [1.807, 2.05) is 0 Å². The molecular formula is C21H16Cl3N3O4S. The van der Waals surface area contributed by atoms with Gasteiger partial charge >= 0.3 is 5.97 Å². The van der Waals surface area contributed by atoms with Crippen molar-refractivity contribution in [2.75, 3.05) is 4.90 Å². The Morgan fingerprint density at radius 1 is 1.06 bits per heavy atom. The van der Waals surface area contributed by atoms with Crippen molar-refractivity contribution >= 4 is 69.6 Å². The largest absolute Gasteiger partial charge is 0.477 e. The minimum Gasteiger partial charge on any atom is -0.477 e. The maximum atomic E-state index is 13.5. The second-order valence-corrected chi connectivity index (χ2v) is 9.05. The zero-order chi connectivity index (χ0) is 23.4. The molecule has 1 heterocycles. The second kappa shape index (κ2) is 10.3. The fourth-order valence-corrected chi connectivity index (χ4v) is 4.40. The van der Waals surface area contributed by atoms with Crippen molar-refractivity contribution in [1.82, 2.24) is 4.98 Å². The van der Waals surface area contributed by atoms with Gasteiger partial charge in [0.1, 0.15) is 10.9 Å². The van der Waals surface area contributed by atoms with Crippen molar-refractivity contribution in [2.24, 2.45) is 5.73 Å². The molecule has 0 radical (unpaired) electrons. The quantitative estimate of drug-likeness (QED) is 0.444. The van der Waals surface area contributed by atoms with Gasteiger partial charge in [0.05, 0.1) is 21.8 Å². The standard InChI is InChI=1S/C21H16Cl3N3O4S/c22-11-1-4-13(5-2-11)27(20(29)14-6-3-12(23)9-15(14)24)16(19(25)28)7-8-18-26-10-17(32-18)21(30)31/h1-6,9-10,16H,7-8H2,(H2,25,28)(H,30,31). The number of carbonyl (C=O) groups is 3. The second-order valence-electron chi connectivity index (χ2n) is 6.66. The van der Waals surface area contributed by atoms with E-state index in [2.05, 4.69) is 4.98 Å². The predicted octanol–water partition coefficient (Wildman–Crippen LogP) is 4.94. The number of aromatic nitrogens is 1. The summed E-state index contributed by atoms with van der Waals surface area (Å²) in [5.74, 6) is -2.38. The molecule has 0 spiro atoms. The molecule has 0 aliphatic heterocycles. The van der Waals surface area contributed by atoms with Gasteiger partial charge in [-0.3, -0.25) is 14.5 Å². The molecule has 1 aromatic heterocycles. The topological polar surface area (TPSA) is 114 Å². The highest BCUT2D eigenvalue weighted by Crippen LogP contribution is 2.29. The van der Waals surface area contributed by atoms with Crippen molar-refractivity contribution in [1.29, 1.82) is 0 Å². The highest BCUT2D eigenvalue weighted by Gasteiger charge is 2.31. The van der Waals surface area contributed by atoms with Crippen molar-refractivity contribution in [2.45, 2.75) is 18.9 Å². The van der Waals surface area contributed by atoms with Crippen LogP contribution in [0, 0.1) is 0 Å². The number of primary amides is 1. The first-order valence-corrected chi connectivity index (χ1v) is 11.1. The van der Waals surface area contributed by atoms with Gasteiger partial charge in [0.2, 0.25) is 5.91 Å². The Hall–Kier alpha value is -2.65. The number of nitrogens with zero attached hydrogens (tertiary/aromatic N) is 2. The number of carboxylic acid groups (broad SMARTS) is 1. The van der Waals surface area contributed by atoms with Gasteiger partial charge in [0.15, 0.2) is 0 Å². The van der Waals surface area contributed by atoms with Crippen LogP contribution in [0.1, 0.15) is 31.5 Å². The first kappa shape index (κ1) is 24.0. The predicted molar refractivity (Wildman–Crippen MR) is 125 cm³/mol. The van der Waals surface area contributed by atoms with Gasteiger partial charge in [0.25, 0.3) is 5.91 Å². The Bertz CT molecular complexity index is 1170. The Balaban J connectivity index is 1.98. The van der Waals surface area contributed by atoms with E-state index in [4.69, 9.17) is 45.6 Å². The van der Waals surface area contributed by atoms with Crippen LogP contribution < -0.4 is 10.6 Å². The number of halogens is 3. The van der Waals surface area contributed by atoms with Gasteiger partial charge < -0.3 is 10.8 Å². The molecule has 32 heavy (non-hydrogen) atoms. The molecule has 7 nitrogen and oxygen atoms in total. The minimum absolute atomic E-state index is 0.0780. The number of hydrogen-bond acceptors (Lipinski definition) is 5. The van der Waals surface area contributed by atoms with Crippen molar-refractivity contribution in [3.8, 4) is 0 Å². The number of nitrogens with two attached hydrogens (primary N) is 1. The average Bonchev–Trinajstić information content (AvgIpc) is 3.21. The van der Waals surface area contributed by atoms with Crippen LogP contribution in [-0.4, -0.2) is 33.9 Å². The molecule has 2 aromatic carbocycles. The molecule has 0 bridgehead atoms. The highest BCUT2D eigenvalue weighted by molar-refractivity contribution is 7.13. The summed E-state index contributed by atoms with van der Waals surface area (Å²) in [6, 6.07) is 9.69. The summed E-state index contributed by atoms with van der Waals surface area (Å²) in [5, 5.41) is 10.5. The summed E-state index contributed by atoms with van der Waals surface area (Å²) in [6.45, 7) is 0. The fourth-order valence-electron chi connectivity index (χ4n) is 3.02. The minimum atomic E-state index is -1.09. The third-order valence-electron chi connectivity index (χ3n) is 4.52. The van der Waals surface area contributed by atoms with Crippen LogP contribution in [-0.2, 0) is 11.2 Å². The number of carboxylic acids is 1. The number of hydrogen-bond donors (Lipinski definition) is 2. The van der Waals surface area contributed by atoms with Crippen LogP contribution in [0.25, 0.3) is 0 Å². The van der Waals surface area contributed by atoms with Crippen LogP contribution in [0.3, 0.4) is 0 Å². The van der Waals surface area contributed by atoms with Gasteiger partial charge in [0, 0.05) is 22.2 Å². The highest BCUT2D eigenvalue weighted by atomic mass is 35.5. The van der Waals surface area contributed by atoms with E-state index in [-0.39, 0.29) is 28.3 Å². The molecule has 2 amide bonds. The van der Waals surface area contributed by atoms with Gasteiger partial charge in [-0.25, -0.2) is 9.78 Å². The molecule has 3 aromatic rings. The lowest BCUT2D eigenvalue weighted by molar-refractivity contribution is -0.119. The molecule has 1 unspecified atom stereocenters. The number of aromatic carboxylic acids is 1. The average molecular weight is 513 g/mol. The lowest BCUT2D eigenvalue weighted by atomic mass is 10.1. The number of rotatable bonds is 8. The van der Waals surface area contributed by atoms with Crippen LogP contribution in [0.2, 0.25) is 15.1 Å². The molecule has 11 heteroatoms. The van der Waals surface area contributed by atoms with E-state index in [0.29, 0.717) is 20.7 Å². The molecule has 0 aliphatic carbocycles. The summed E-state index contributed by atoms with van der Waals surface area (Å²) in [4.78, 5) is 42.4. The SMILES string of the molecule is NC(=O)C(CCc1ncc(C(=O)O)s1)N(C(=O)c1ccc(Cl)cc1Cl)c1ccc(Cl)cc1. The third kappa shape index (κ3) is 5.58. The lowest BCUT2D eigenvalue weighted by Gasteiger charge is -2.30. The lowest BCUT2D eigenvalue weighted by Crippen LogP contribution is -2.48. The molecule has 0 fully saturated rings. The number of thiazole rings is 1. The molecule has 1 atom stereocenters. The molecular weight excluding hydrogens is 497 g/mol. The summed E-state index contributed by atoms with van der Waals surface area (Å²) >= 11 is 19.2. The molecule has 0 aliphatic rings. The first-order chi connectivity index (χ1) is 15.2. The van der Waals surface area contributed by atoms with E-state index in [0.717, 1.165) is 11.3 Å². The van der Waals surface area contributed by atoms with Crippen LogP contribution in [0.4, 0.5) is 5.69 Å². The molecule has 166 valence electrons. The van der Waals surface area contributed by atoms with Gasteiger partial charge in [-0.15, -0.1) is 11.3 Å². The van der Waals surface area contributed by atoms with Gasteiger partial charge in [-0.1, -0.05) is 34.8 Å². The number of benzene rings is 2. The zero-order valence-corrected chi connectivity index (χ0v) is 19.4. The number of aryl methyl sites for hydroxylation is 1. The number of anilines is 1.